The van der Waals surface area contributed by atoms with Gasteiger partial charge in [0.25, 0.3) is 0 Å². The van der Waals surface area contributed by atoms with Crippen molar-refractivity contribution >= 4 is 11.8 Å². The highest BCUT2D eigenvalue weighted by Crippen LogP contribution is 2.35. The lowest BCUT2D eigenvalue weighted by atomic mass is 9.85. The fraction of sp³-hybridized carbons (Fsp3) is 0.500. The second-order valence-electron chi connectivity index (χ2n) is 7.28. The molecule has 1 aliphatic carbocycles. The summed E-state index contributed by atoms with van der Waals surface area (Å²) in [7, 11) is 0. The van der Waals surface area contributed by atoms with E-state index in [1.807, 2.05) is 18.2 Å². The number of piperazine rings is 1. The summed E-state index contributed by atoms with van der Waals surface area (Å²) in [5.74, 6) is -0.161. The SMILES string of the molecule is O=C1[C@H]2CC=CC[C@H]2C(=O)N1CN1CCN(Cc2ccccc2)CC1. The van der Waals surface area contributed by atoms with E-state index in [9.17, 15) is 9.59 Å². The largest absolute Gasteiger partial charge is 0.297 e. The van der Waals surface area contributed by atoms with Crippen LogP contribution in [0.4, 0.5) is 0 Å². The number of likely N-dealkylation sites (tertiary alicyclic amines) is 1. The number of allylic oxidation sites excluding steroid dienone is 2. The third-order valence-electron chi connectivity index (χ3n) is 5.65. The molecule has 1 aromatic rings. The first kappa shape index (κ1) is 16.5. The lowest BCUT2D eigenvalue weighted by molar-refractivity contribution is -0.142. The van der Waals surface area contributed by atoms with Gasteiger partial charge in [0.2, 0.25) is 11.8 Å². The summed E-state index contributed by atoms with van der Waals surface area (Å²) >= 11 is 0. The van der Waals surface area contributed by atoms with Gasteiger partial charge in [-0.15, -0.1) is 0 Å². The van der Waals surface area contributed by atoms with Gasteiger partial charge < -0.3 is 0 Å². The van der Waals surface area contributed by atoms with Gasteiger partial charge in [0.05, 0.1) is 18.5 Å². The van der Waals surface area contributed by atoms with Gasteiger partial charge in [0.1, 0.15) is 0 Å². The van der Waals surface area contributed by atoms with Gasteiger partial charge in [-0.05, 0) is 18.4 Å². The van der Waals surface area contributed by atoms with Gasteiger partial charge in [-0.2, -0.15) is 0 Å². The third-order valence-corrected chi connectivity index (χ3v) is 5.65. The van der Waals surface area contributed by atoms with Crippen molar-refractivity contribution < 1.29 is 9.59 Å². The molecular weight excluding hydrogens is 314 g/mol. The molecule has 0 spiro atoms. The normalized spacial score (nSPS) is 27.8. The summed E-state index contributed by atoms with van der Waals surface area (Å²) in [5, 5.41) is 0. The Morgan fingerprint density at radius 2 is 1.36 bits per heavy atom. The van der Waals surface area contributed by atoms with Gasteiger partial charge in [-0.25, -0.2) is 0 Å². The van der Waals surface area contributed by atoms with Crippen LogP contribution in [0.2, 0.25) is 0 Å². The molecule has 2 saturated heterocycles. The van der Waals surface area contributed by atoms with Crippen LogP contribution >= 0.6 is 0 Å². The number of rotatable bonds is 4. The van der Waals surface area contributed by atoms with E-state index in [1.165, 1.54) is 10.5 Å². The summed E-state index contributed by atoms with van der Waals surface area (Å²) in [5.41, 5.74) is 1.33. The van der Waals surface area contributed by atoms with E-state index >= 15 is 0 Å². The van der Waals surface area contributed by atoms with Gasteiger partial charge in [0.15, 0.2) is 0 Å². The van der Waals surface area contributed by atoms with Crippen molar-refractivity contribution in [3.05, 3.63) is 48.0 Å². The standard InChI is InChI=1S/C20H25N3O2/c24-19-17-8-4-5-9-18(17)20(25)23(19)15-22-12-10-21(11-13-22)14-16-6-2-1-3-7-16/h1-7,17-18H,8-15H2/t17-,18+. The third kappa shape index (κ3) is 3.39. The topological polar surface area (TPSA) is 43.9 Å². The second-order valence-corrected chi connectivity index (χ2v) is 7.28. The summed E-state index contributed by atoms with van der Waals surface area (Å²) in [6.45, 7) is 5.17. The zero-order chi connectivity index (χ0) is 17.2. The maximum absolute atomic E-state index is 12.6. The fourth-order valence-corrected chi connectivity index (χ4v) is 4.14. The predicted molar refractivity (Wildman–Crippen MR) is 95.4 cm³/mol. The molecule has 5 heteroatoms. The van der Waals surface area contributed by atoms with Crippen LogP contribution < -0.4 is 0 Å². The van der Waals surface area contributed by atoms with Crippen LogP contribution in [0.15, 0.2) is 42.5 Å². The highest BCUT2D eigenvalue weighted by atomic mass is 16.2. The Hall–Kier alpha value is -1.98. The van der Waals surface area contributed by atoms with Gasteiger partial charge >= 0.3 is 0 Å². The Bertz CT molecular complexity index is 639. The number of nitrogens with zero attached hydrogens (tertiary/aromatic N) is 3. The number of fused-ring (bicyclic) bond motifs is 1. The molecule has 0 saturated carbocycles. The van der Waals surface area contributed by atoms with E-state index in [4.69, 9.17) is 0 Å². The molecule has 5 nitrogen and oxygen atoms in total. The number of amides is 2. The molecule has 1 aromatic carbocycles. The first-order valence-corrected chi connectivity index (χ1v) is 9.21. The molecule has 132 valence electrons. The Kier molecular flexibility index (Phi) is 4.68. The van der Waals surface area contributed by atoms with Crippen LogP contribution in [0, 0.1) is 11.8 Å². The molecule has 0 radical (unpaired) electrons. The monoisotopic (exact) mass is 339 g/mol. The summed E-state index contributed by atoms with van der Waals surface area (Å²) in [6, 6.07) is 10.5. The molecule has 2 heterocycles. The molecule has 25 heavy (non-hydrogen) atoms. The predicted octanol–water partition coefficient (Wildman–Crippen LogP) is 1.71. The quantitative estimate of drug-likeness (QED) is 0.619. The Morgan fingerprint density at radius 1 is 0.800 bits per heavy atom. The van der Waals surface area contributed by atoms with Crippen LogP contribution in [0.5, 0.6) is 0 Å². The maximum atomic E-state index is 12.6. The number of carbonyl (C=O) groups is 2. The Labute approximate surface area is 148 Å². The van der Waals surface area contributed by atoms with E-state index in [-0.39, 0.29) is 23.7 Å². The zero-order valence-corrected chi connectivity index (χ0v) is 14.5. The van der Waals surface area contributed by atoms with Crippen molar-refractivity contribution in [2.24, 2.45) is 11.8 Å². The van der Waals surface area contributed by atoms with Crippen molar-refractivity contribution in [2.75, 3.05) is 32.8 Å². The molecule has 2 atom stereocenters. The summed E-state index contributed by atoms with van der Waals surface area (Å²) < 4.78 is 0. The van der Waals surface area contributed by atoms with Crippen LogP contribution in [0.1, 0.15) is 18.4 Å². The number of hydrogen-bond acceptors (Lipinski definition) is 4. The highest BCUT2D eigenvalue weighted by Gasteiger charge is 2.47. The van der Waals surface area contributed by atoms with Crippen molar-refractivity contribution in [3.8, 4) is 0 Å². The lowest BCUT2D eigenvalue weighted by Gasteiger charge is -2.36. The van der Waals surface area contributed by atoms with Crippen LogP contribution in [-0.4, -0.2) is 59.4 Å². The number of imide groups is 1. The van der Waals surface area contributed by atoms with Crippen LogP contribution in [0.3, 0.4) is 0 Å². The van der Waals surface area contributed by atoms with Gasteiger partial charge in [-0.1, -0.05) is 42.5 Å². The summed E-state index contributed by atoms with van der Waals surface area (Å²) in [6.07, 6.45) is 5.52. The van der Waals surface area contributed by atoms with Gasteiger partial charge in [-0.3, -0.25) is 24.3 Å². The van der Waals surface area contributed by atoms with E-state index in [0.717, 1.165) is 45.6 Å². The molecule has 2 fully saturated rings. The lowest BCUT2D eigenvalue weighted by Crippen LogP contribution is -2.51. The number of benzene rings is 1. The van der Waals surface area contributed by atoms with Crippen LogP contribution in [-0.2, 0) is 16.1 Å². The average molecular weight is 339 g/mol. The first-order chi connectivity index (χ1) is 12.2. The Balaban J connectivity index is 1.30. The molecule has 3 aliphatic rings. The Morgan fingerprint density at radius 3 is 1.96 bits per heavy atom. The van der Waals surface area contributed by atoms with E-state index in [1.54, 1.807) is 0 Å². The van der Waals surface area contributed by atoms with E-state index in [0.29, 0.717) is 6.67 Å². The van der Waals surface area contributed by atoms with Crippen LogP contribution in [0.25, 0.3) is 0 Å². The van der Waals surface area contributed by atoms with Crippen molar-refractivity contribution in [3.63, 3.8) is 0 Å². The van der Waals surface area contributed by atoms with Crippen molar-refractivity contribution in [1.29, 1.82) is 0 Å². The molecular formula is C20H25N3O2. The molecule has 4 rings (SSSR count). The minimum atomic E-state index is -0.114. The zero-order valence-electron chi connectivity index (χ0n) is 14.5. The first-order valence-electron chi connectivity index (χ1n) is 9.21. The smallest absolute Gasteiger partial charge is 0.234 e. The molecule has 0 bridgehead atoms. The molecule has 0 unspecified atom stereocenters. The van der Waals surface area contributed by atoms with E-state index < -0.39 is 0 Å². The molecule has 0 N–H and O–H groups in total. The summed E-state index contributed by atoms with van der Waals surface area (Å²) in [4.78, 5) is 31.3. The number of hydrogen-bond donors (Lipinski definition) is 0. The van der Waals surface area contributed by atoms with Crippen molar-refractivity contribution in [2.45, 2.75) is 19.4 Å². The molecule has 2 amide bonds. The fourth-order valence-electron chi connectivity index (χ4n) is 4.14. The van der Waals surface area contributed by atoms with Crippen molar-refractivity contribution in [1.82, 2.24) is 14.7 Å². The average Bonchev–Trinajstić information content (AvgIpc) is 2.89. The molecule has 2 aliphatic heterocycles. The number of carbonyl (C=O) groups excluding carboxylic acids is 2. The molecule has 0 aromatic heterocycles. The maximum Gasteiger partial charge on any atom is 0.234 e. The van der Waals surface area contributed by atoms with E-state index in [2.05, 4.69) is 34.1 Å². The second kappa shape index (κ2) is 7.10. The minimum Gasteiger partial charge on any atom is -0.297 e. The highest BCUT2D eigenvalue weighted by molar-refractivity contribution is 6.05. The minimum absolute atomic E-state index is 0.0334. The van der Waals surface area contributed by atoms with Gasteiger partial charge in [0, 0.05) is 32.7 Å².